The highest BCUT2D eigenvalue weighted by Crippen LogP contribution is 2.20. The van der Waals surface area contributed by atoms with E-state index in [1.807, 2.05) is 39.0 Å². The van der Waals surface area contributed by atoms with Gasteiger partial charge in [-0.05, 0) is 44.4 Å². The highest BCUT2D eigenvalue weighted by Gasteiger charge is 2.12. The van der Waals surface area contributed by atoms with Gasteiger partial charge in [-0.2, -0.15) is 0 Å². The zero-order chi connectivity index (χ0) is 16.1. The van der Waals surface area contributed by atoms with Crippen LogP contribution < -0.4 is 5.32 Å². The van der Waals surface area contributed by atoms with Crippen LogP contribution in [0.1, 0.15) is 30.3 Å². The van der Waals surface area contributed by atoms with Crippen molar-refractivity contribution in [3.63, 3.8) is 0 Å². The van der Waals surface area contributed by atoms with E-state index >= 15 is 0 Å². The van der Waals surface area contributed by atoms with Crippen LogP contribution in [0.5, 0.6) is 0 Å². The third kappa shape index (κ3) is 4.10. The van der Waals surface area contributed by atoms with Crippen LogP contribution in [-0.2, 0) is 11.3 Å². The van der Waals surface area contributed by atoms with Gasteiger partial charge in [0.15, 0.2) is 5.16 Å². The number of anilines is 1. The predicted octanol–water partition coefficient (Wildman–Crippen LogP) is 3.34. The quantitative estimate of drug-likeness (QED) is 0.830. The summed E-state index contributed by atoms with van der Waals surface area (Å²) in [7, 11) is 0. The summed E-state index contributed by atoms with van der Waals surface area (Å²) in [5.41, 5.74) is 3.07. The van der Waals surface area contributed by atoms with Crippen LogP contribution >= 0.6 is 11.8 Å². The lowest BCUT2D eigenvalue weighted by Gasteiger charge is -2.10. The molecule has 0 radical (unpaired) electrons. The maximum absolute atomic E-state index is 12.1. The number of carbonyl (C=O) groups is 1. The molecule has 0 spiro atoms. The summed E-state index contributed by atoms with van der Waals surface area (Å²) in [4.78, 5) is 12.1. The number of carbonyl (C=O) groups excluding carboxylic acids is 1. The zero-order valence-electron chi connectivity index (χ0n) is 13.5. The minimum absolute atomic E-state index is 0.0256. The summed E-state index contributed by atoms with van der Waals surface area (Å²) >= 11 is 1.42. The van der Waals surface area contributed by atoms with Crippen molar-refractivity contribution in [2.75, 3.05) is 11.1 Å². The Balaban J connectivity index is 1.97. The molecule has 0 saturated carbocycles. The molecule has 1 heterocycles. The highest BCUT2D eigenvalue weighted by atomic mass is 32.2. The van der Waals surface area contributed by atoms with Gasteiger partial charge in [0, 0.05) is 12.2 Å². The van der Waals surface area contributed by atoms with Gasteiger partial charge in [0.2, 0.25) is 5.91 Å². The molecular formula is C16H22N4OS. The minimum atomic E-state index is -0.0256. The van der Waals surface area contributed by atoms with Crippen molar-refractivity contribution in [2.45, 2.75) is 45.8 Å². The lowest BCUT2D eigenvalue weighted by Crippen LogP contribution is -2.15. The fourth-order valence-electron chi connectivity index (χ4n) is 2.14. The van der Waals surface area contributed by atoms with Crippen LogP contribution in [-0.4, -0.2) is 26.4 Å². The van der Waals surface area contributed by atoms with Gasteiger partial charge in [0.05, 0.1) is 5.75 Å². The topological polar surface area (TPSA) is 59.8 Å². The SMILES string of the molecule is CCCn1c(C)nnc1SCC(=O)Nc1cc(C)ccc1C. The normalized spacial score (nSPS) is 10.7. The molecule has 5 nitrogen and oxygen atoms in total. The molecule has 118 valence electrons. The van der Waals surface area contributed by atoms with Crippen LogP contribution in [0.25, 0.3) is 0 Å². The van der Waals surface area contributed by atoms with E-state index in [9.17, 15) is 4.79 Å². The molecule has 0 aliphatic heterocycles. The van der Waals surface area contributed by atoms with E-state index in [0.29, 0.717) is 5.75 Å². The van der Waals surface area contributed by atoms with Crippen molar-refractivity contribution in [2.24, 2.45) is 0 Å². The van der Waals surface area contributed by atoms with Gasteiger partial charge in [-0.1, -0.05) is 30.8 Å². The van der Waals surface area contributed by atoms with Crippen molar-refractivity contribution in [3.8, 4) is 0 Å². The lowest BCUT2D eigenvalue weighted by atomic mass is 10.1. The summed E-state index contributed by atoms with van der Waals surface area (Å²) in [6, 6.07) is 6.04. The van der Waals surface area contributed by atoms with E-state index in [-0.39, 0.29) is 5.91 Å². The molecule has 2 aromatic rings. The Morgan fingerprint density at radius 3 is 2.77 bits per heavy atom. The Bertz CT molecular complexity index is 666. The Morgan fingerprint density at radius 2 is 2.05 bits per heavy atom. The Kier molecular flexibility index (Phi) is 5.60. The van der Waals surface area contributed by atoms with E-state index in [0.717, 1.165) is 40.8 Å². The van der Waals surface area contributed by atoms with Crippen molar-refractivity contribution >= 4 is 23.4 Å². The third-order valence-corrected chi connectivity index (χ3v) is 4.32. The molecule has 22 heavy (non-hydrogen) atoms. The monoisotopic (exact) mass is 318 g/mol. The first-order valence-electron chi connectivity index (χ1n) is 7.41. The van der Waals surface area contributed by atoms with Crippen molar-refractivity contribution in [1.29, 1.82) is 0 Å². The number of benzene rings is 1. The molecule has 0 saturated heterocycles. The Hall–Kier alpha value is -1.82. The summed E-state index contributed by atoms with van der Waals surface area (Å²) < 4.78 is 2.05. The number of nitrogens with zero attached hydrogens (tertiary/aromatic N) is 3. The van der Waals surface area contributed by atoms with Gasteiger partial charge >= 0.3 is 0 Å². The summed E-state index contributed by atoms with van der Waals surface area (Å²) in [6.45, 7) is 8.92. The first kappa shape index (κ1) is 16.5. The molecule has 0 bridgehead atoms. The second-order valence-corrected chi connectivity index (χ2v) is 6.28. The zero-order valence-corrected chi connectivity index (χ0v) is 14.3. The van der Waals surface area contributed by atoms with E-state index in [1.165, 1.54) is 11.8 Å². The summed E-state index contributed by atoms with van der Waals surface area (Å²) in [5, 5.41) is 12.0. The first-order chi connectivity index (χ1) is 10.5. The van der Waals surface area contributed by atoms with Crippen LogP contribution in [0.2, 0.25) is 0 Å². The number of rotatable bonds is 6. The molecule has 1 N–H and O–H groups in total. The van der Waals surface area contributed by atoms with Crippen molar-refractivity contribution in [1.82, 2.24) is 14.8 Å². The third-order valence-electron chi connectivity index (χ3n) is 3.35. The molecule has 1 amide bonds. The average molecular weight is 318 g/mol. The summed E-state index contributed by atoms with van der Waals surface area (Å²) in [5.74, 6) is 1.19. The van der Waals surface area contributed by atoms with E-state index < -0.39 is 0 Å². The van der Waals surface area contributed by atoms with Crippen LogP contribution in [0, 0.1) is 20.8 Å². The molecule has 0 fully saturated rings. The molecule has 1 aromatic carbocycles. The average Bonchev–Trinajstić information content (AvgIpc) is 2.82. The molecule has 0 aliphatic carbocycles. The molecule has 0 atom stereocenters. The number of aryl methyl sites for hydroxylation is 3. The molecule has 2 rings (SSSR count). The van der Waals surface area contributed by atoms with Crippen molar-refractivity contribution < 1.29 is 4.79 Å². The van der Waals surface area contributed by atoms with Crippen LogP contribution in [0.4, 0.5) is 5.69 Å². The smallest absolute Gasteiger partial charge is 0.234 e. The van der Waals surface area contributed by atoms with Gasteiger partial charge in [0.1, 0.15) is 5.82 Å². The number of aromatic nitrogens is 3. The van der Waals surface area contributed by atoms with Gasteiger partial charge in [0.25, 0.3) is 0 Å². The number of hydrogen-bond acceptors (Lipinski definition) is 4. The minimum Gasteiger partial charge on any atom is -0.325 e. The fraction of sp³-hybridized carbons (Fsp3) is 0.438. The van der Waals surface area contributed by atoms with Crippen LogP contribution in [0.15, 0.2) is 23.4 Å². The largest absolute Gasteiger partial charge is 0.325 e. The van der Waals surface area contributed by atoms with E-state index in [1.54, 1.807) is 0 Å². The maximum atomic E-state index is 12.1. The van der Waals surface area contributed by atoms with Crippen LogP contribution in [0.3, 0.4) is 0 Å². The standard InChI is InChI=1S/C16H22N4OS/c1-5-8-20-13(4)18-19-16(20)22-10-15(21)17-14-9-11(2)6-7-12(14)3/h6-7,9H,5,8,10H2,1-4H3,(H,17,21). The van der Waals surface area contributed by atoms with E-state index in [4.69, 9.17) is 0 Å². The van der Waals surface area contributed by atoms with Gasteiger partial charge in [-0.25, -0.2) is 0 Å². The molecule has 1 aromatic heterocycles. The second-order valence-electron chi connectivity index (χ2n) is 5.34. The summed E-state index contributed by atoms with van der Waals surface area (Å²) in [6.07, 6.45) is 1.02. The fourth-order valence-corrected chi connectivity index (χ4v) is 2.95. The predicted molar refractivity (Wildman–Crippen MR) is 90.3 cm³/mol. The number of amides is 1. The number of nitrogens with one attached hydrogen (secondary N) is 1. The molecule has 0 unspecified atom stereocenters. The lowest BCUT2D eigenvalue weighted by molar-refractivity contribution is -0.113. The number of hydrogen-bond donors (Lipinski definition) is 1. The Morgan fingerprint density at radius 1 is 1.27 bits per heavy atom. The maximum Gasteiger partial charge on any atom is 0.234 e. The van der Waals surface area contributed by atoms with Gasteiger partial charge < -0.3 is 9.88 Å². The Labute approximate surface area is 135 Å². The molecule has 6 heteroatoms. The van der Waals surface area contributed by atoms with E-state index in [2.05, 4.69) is 27.0 Å². The van der Waals surface area contributed by atoms with Crippen molar-refractivity contribution in [3.05, 3.63) is 35.2 Å². The second kappa shape index (κ2) is 7.45. The highest BCUT2D eigenvalue weighted by molar-refractivity contribution is 7.99. The van der Waals surface area contributed by atoms with Gasteiger partial charge in [-0.15, -0.1) is 10.2 Å². The number of thioether (sulfide) groups is 1. The molecule has 0 aliphatic rings. The van der Waals surface area contributed by atoms with Gasteiger partial charge in [-0.3, -0.25) is 4.79 Å². The molecular weight excluding hydrogens is 296 g/mol. The first-order valence-corrected chi connectivity index (χ1v) is 8.39.